The van der Waals surface area contributed by atoms with Crippen molar-refractivity contribution in [2.45, 2.75) is 25.3 Å². The van der Waals surface area contributed by atoms with Crippen molar-refractivity contribution in [1.82, 2.24) is 10.6 Å². The number of ketones is 1. The predicted octanol–water partition coefficient (Wildman–Crippen LogP) is 3.83. The first-order valence-electron chi connectivity index (χ1n) is 11.1. The van der Waals surface area contributed by atoms with Crippen molar-refractivity contribution >= 4 is 11.7 Å². The van der Waals surface area contributed by atoms with E-state index in [0.29, 0.717) is 36.4 Å². The molecule has 0 unspecified atom stereocenters. The van der Waals surface area contributed by atoms with Gasteiger partial charge in [0.15, 0.2) is 5.78 Å². The largest absolute Gasteiger partial charge is 0.492 e. The average Bonchev–Trinajstić information content (AvgIpc) is 3.32. The normalized spacial score (nSPS) is 13.1. The molecule has 0 radical (unpaired) electrons. The quantitative estimate of drug-likeness (QED) is 0.482. The lowest BCUT2D eigenvalue weighted by molar-refractivity contribution is 0.0943. The highest BCUT2D eigenvalue weighted by molar-refractivity contribution is 5.98. The molecule has 1 aliphatic heterocycles. The van der Waals surface area contributed by atoms with Gasteiger partial charge >= 0.3 is 0 Å². The number of carbonyl (C=O) groups is 2. The Labute approximate surface area is 188 Å². The van der Waals surface area contributed by atoms with Crippen LogP contribution in [0.2, 0.25) is 0 Å². The lowest BCUT2D eigenvalue weighted by atomic mass is 10.0. The number of hydrogen-bond acceptors (Lipinski definition) is 4. The number of para-hydroxylation sites is 1. The molecular weight excluding hydrogens is 400 g/mol. The summed E-state index contributed by atoms with van der Waals surface area (Å²) < 4.78 is 5.65. The minimum atomic E-state index is -0.123. The Bertz CT molecular complexity index is 1050. The number of Topliss-reactive ketones (excluding diaryl/α,β-unsaturated/α-hetero) is 1. The predicted molar refractivity (Wildman–Crippen MR) is 125 cm³/mol. The molecule has 0 aliphatic carbocycles. The van der Waals surface area contributed by atoms with Gasteiger partial charge in [0.1, 0.15) is 5.75 Å². The molecule has 3 aromatic carbocycles. The van der Waals surface area contributed by atoms with E-state index < -0.39 is 0 Å². The summed E-state index contributed by atoms with van der Waals surface area (Å²) in [6, 6.07) is 25.2. The van der Waals surface area contributed by atoms with Gasteiger partial charge in [-0.25, -0.2) is 0 Å². The van der Waals surface area contributed by atoms with Crippen molar-refractivity contribution in [3.63, 3.8) is 0 Å². The molecule has 0 fully saturated rings. The monoisotopic (exact) mass is 428 g/mol. The second-order valence-corrected chi connectivity index (χ2v) is 7.99. The summed E-state index contributed by atoms with van der Waals surface area (Å²) in [6.07, 6.45) is 2.33. The van der Waals surface area contributed by atoms with Crippen molar-refractivity contribution in [2.24, 2.45) is 0 Å². The van der Waals surface area contributed by atoms with E-state index in [1.807, 2.05) is 60.7 Å². The van der Waals surface area contributed by atoms with Crippen LogP contribution < -0.4 is 15.4 Å². The summed E-state index contributed by atoms with van der Waals surface area (Å²) in [5, 5.41) is 6.42. The van der Waals surface area contributed by atoms with E-state index in [4.69, 9.17) is 4.74 Å². The second kappa shape index (κ2) is 10.7. The number of amides is 1. The number of nitrogens with one attached hydrogen (secondary N) is 2. The summed E-state index contributed by atoms with van der Waals surface area (Å²) in [4.78, 5) is 25.3. The van der Waals surface area contributed by atoms with Gasteiger partial charge in [-0.1, -0.05) is 72.8 Å². The molecule has 4 rings (SSSR count). The highest BCUT2D eigenvalue weighted by Crippen LogP contribution is 2.29. The van der Waals surface area contributed by atoms with E-state index >= 15 is 0 Å². The molecule has 5 nitrogen and oxygen atoms in total. The van der Waals surface area contributed by atoms with Crippen LogP contribution in [0.15, 0.2) is 78.9 Å². The summed E-state index contributed by atoms with van der Waals surface area (Å²) in [5.74, 6) is 0.643. The van der Waals surface area contributed by atoms with Gasteiger partial charge in [0.05, 0.1) is 18.7 Å². The van der Waals surface area contributed by atoms with Crippen LogP contribution in [0.25, 0.3) is 0 Å². The smallest absolute Gasteiger partial charge is 0.255 e. The zero-order chi connectivity index (χ0) is 22.2. The molecule has 0 saturated heterocycles. The Morgan fingerprint density at radius 3 is 2.44 bits per heavy atom. The minimum Gasteiger partial charge on any atom is -0.492 e. The van der Waals surface area contributed by atoms with Crippen LogP contribution in [0.4, 0.5) is 0 Å². The highest BCUT2D eigenvalue weighted by Gasteiger charge is 2.20. The van der Waals surface area contributed by atoms with Crippen LogP contribution in [0.1, 0.15) is 38.3 Å². The summed E-state index contributed by atoms with van der Waals surface area (Å²) >= 11 is 0. The van der Waals surface area contributed by atoms with Gasteiger partial charge in [-0.2, -0.15) is 0 Å². The zero-order valence-corrected chi connectivity index (χ0v) is 18.1. The van der Waals surface area contributed by atoms with Crippen LogP contribution in [0.3, 0.4) is 0 Å². The third kappa shape index (κ3) is 5.62. The summed E-state index contributed by atoms with van der Waals surface area (Å²) in [5.41, 5.74) is 3.56. The molecule has 0 saturated carbocycles. The Morgan fingerprint density at radius 1 is 0.906 bits per heavy atom. The lowest BCUT2D eigenvalue weighted by Crippen LogP contribution is -2.38. The maximum atomic E-state index is 12.7. The minimum absolute atomic E-state index is 0.0584. The molecular formula is C27H28N2O3. The Hall–Kier alpha value is -3.44. The number of benzene rings is 3. The van der Waals surface area contributed by atoms with Gasteiger partial charge in [0.25, 0.3) is 5.91 Å². The van der Waals surface area contributed by atoms with Gasteiger partial charge in [0.2, 0.25) is 0 Å². The number of fused-ring (bicyclic) bond motifs is 1. The molecule has 1 atom stereocenters. The van der Waals surface area contributed by atoms with Crippen molar-refractivity contribution in [1.29, 1.82) is 0 Å². The standard InChI is InChI=1S/C27H28N2O3/c30-25(21-10-5-2-6-11-21)19-29-23(18-20-8-3-1-4-9-20)14-16-28-27(31)24-13-7-12-22-15-17-32-26(22)24/h1-13,23,29H,14-19H2,(H,28,31)/t23-/m1/s1. The molecule has 164 valence electrons. The SMILES string of the molecule is O=C(CN[C@H](CCNC(=O)c1cccc2c1OCC2)Cc1ccccc1)c1ccccc1. The molecule has 1 amide bonds. The van der Waals surface area contributed by atoms with Crippen LogP contribution in [-0.4, -0.2) is 37.4 Å². The van der Waals surface area contributed by atoms with Gasteiger partial charge < -0.3 is 15.4 Å². The van der Waals surface area contributed by atoms with Crippen molar-refractivity contribution in [2.75, 3.05) is 19.7 Å². The zero-order valence-electron chi connectivity index (χ0n) is 18.1. The van der Waals surface area contributed by atoms with Crippen molar-refractivity contribution < 1.29 is 14.3 Å². The van der Waals surface area contributed by atoms with E-state index in [9.17, 15) is 9.59 Å². The second-order valence-electron chi connectivity index (χ2n) is 7.99. The van der Waals surface area contributed by atoms with Crippen molar-refractivity contribution in [3.8, 4) is 5.75 Å². The number of ether oxygens (including phenoxy) is 1. The van der Waals surface area contributed by atoms with Gasteiger partial charge in [-0.05, 0) is 30.0 Å². The topological polar surface area (TPSA) is 67.4 Å². The first-order valence-corrected chi connectivity index (χ1v) is 11.1. The first-order chi connectivity index (χ1) is 15.7. The van der Waals surface area contributed by atoms with E-state index in [1.165, 1.54) is 5.56 Å². The third-order valence-corrected chi connectivity index (χ3v) is 5.71. The highest BCUT2D eigenvalue weighted by atomic mass is 16.5. The Kier molecular flexibility index (Phi) is 7.31. The molecule has 0 aromatic heterocycles. The summed E-state index contributed by atoms with van der Waals surface area (Å²) in [7, 11) is 0. The molecule has 0 spiro atoms. The van der Waals surface area contributed by atoms with E-state index in [2.05, 4.69) is 22.8 Å². The maximum absolute atomic E-state index is 12.7. The number of hydrogen-bond donors (Lipinski definition) is 2. The fraction of sp³-hybridized carbons (Fsp3) is 0.259. The van der Waals surface area contributed by atoms with Gasteiger partial charge in [-0.15, -0.1) is 0 Å². The van der Waals surface area contributed by atoms with Crippen LogP contribution >= 0.6 is 0 Å². The van der Waals surface area contributed by atoms with Crippen molar-refractivity contribution in [3.05, 3.63) is 101 Å². The lowest BCUT2D eigenvalue weighted by Gasteiger charge is -2.19. The van der Waals surface area contributed by atoms with Crippen LogP contribution in [0, 0.1) is 0 Å². The Balaban J connectivity index is 1.35. The van der Waals surface area contributed by atoms with Crippen LogP contribution in [0.5, 0.6) is 5.75 Å². The molecule has 1 heterocycles. The van der Waals surface area contributed by atoms with E-state index in [0.717, 1.165) is 18.4 Å². The molecule has 2 N–H and O–H groups in total. The molecule has 1 aliphatic rings. The fourth-order valence-electron chi connectivity index (χ4n) is 3.99. The molecule has 5 heteroatoms. The van der Waals surface area contributed by atoms with Gasteiger partial charge in [0, 0.05) is 24.6 Å². The van der Waals surface area contributed by atoms with E-state index in [-0.39, 0.29) is 24.3 Å². The number of carbonyl (C=O) groups excluding carboxylic acids is 2. The Morgan fingerprint density at radius 2 is 1.66 bits per heavy atom. The maximum Gasteiger partial charge on any atom is 0.255 e. The average molecular weight is 429 g/mol. The van der Waals surface area contributed by atoms with Crippen LogP contribution in [-0.2, 0) is 12.8 Å². The molecule has 32 heavy (non-hydrogen) atoms. The molecule has 3 aromatic rings. The fourth-order valence-corrected chi connectivity index (χ4v) is 3.99. The van der Waals surface area contributed by atoms with Gasteiger partial charge in [-0.3, -0.25) is 9.59 Å². The number of rotatable bonds is 10. The third-order valence-electron chi connectivity index (χ3n) is 5.71. The first kappa shape index (κ1) is 21.8. The molecule has 0 bridgehead atoms. The summed E-state index contributed by atoms with van der Waals surface area (Å²) in [6.45, 7) is 1.39. The van der Waals surface area contributed by atoms with E-state index in [1.54, 1.807) is 6.07 Å².